The molecule has 2 aromatic rings. The van der Waals surface area contributed by atoms with Crippen molar-refractivity contribution >= 4 is 23.2 Å². The van der Waals surface area contributed by atoms with E-state index in [9.17, 15) is 4.79 Å². The van der Waals surface area contributed by atoms with Crippen molar-refractivity contribution in [1.82, 2.24) is 4.90 Å². The van der Waals surface area contributed by atoms with Crippen LogP contribution < -0.4 is 11.1 Å². The molecule has 5 heteroatoms. The smallest absolute Gasteiger partial charge is 0.238 e. The Bertz CT molecular complexity index is 755. The van der Waals surface area contributed by atoms with Gasteiger partial charge in [0.25, 0.3) is 0 Å². The fourth-order valence-corrected chi connectivity index (χ4v) is 4.23. The Labute approximate surface area is 160 Å². The second-order valence-electron chi connectivity index (χ2n) is 7.19. The van der Waals surface area contributed by atoms with Crippen molar-refractivity contribution in [1.29, 1.82) is 0 Å². The van der Waals surface area contributed by atoms with E-state index in [-0.39, 0.29) is 5.91 Å². The number of carbonyl (C=O) groups excluding carboxylic acids is 1. The fourth-order valence-electron chi connectivity index (χ4n) is 3.86. The highest BCUT2D eigenvalue weighted by Gasteiger charge is 2.33. The van der Waals surface area contributed by atoms with Gasteiger partial charge in [-0.25, -0.2) is 0 Å². The second-order valence-corrected chi connectivity index (χ2v) is 7.60. The summed E-state index contributed by atoms with van der Waals surface area (Å²) in [6.07, 6.45) is 0. The van der Waals surface area contributed by atoms with E-state index in [2.05, 4.69) is 34.5 Å². The van der Waals surface area contributed by atoms with Crippen LogP contribution >= 0.6 is 11.6 Å². The van der Waals surface area contributed by atoms with Gasteiger partial charge in [0.2, 0.25) is 5.91 Å². The molecule has 0 unspecified atom stereocenters. The predicted molar refractivity (Wildman–Crippen MR) is 108 cm³/mol. The molecule has 0 saturated carbocycles. The van der Waals surface area contributed by atoms with E-state index in [1.807, 2.05) is 32.0 Å². The first-order valence-electron chi connectivity index (χ1n) is 9.02. The number of nitrogens with one attached hydrogen (secondary N) is 1. The zero-order valence-corrected chi connectivity index (χ0v) is 16.1. The van der Waals surface area contributed by atoms with E-state index in [4.69, 9.17) is 17.3 Å². The van der Waals surface area contributed by atoms with Gasteiger partial charge in [0, 0.05) is 19.0 Å². The molecule has 0 spiro atoms. The number of aryl methyl sites for hydroxylation is 2. The summed E-state index contributed by atoms with van der Waals surface area (Å²) in [5, 5.41) is 3.56. The minimum absolute atomic E-state index is 0.0386. The minimum atomic E-state index is -0.0386. The number of nitrogens with two attached hydrogens (primary N) is 1. The van der Waals surface area contributed by atoms with Crippen LogP contribution in [0.2, 0.25) is 5.02 Å². The van der Waals surface area contributed by atoms with Crippen molar-refractivity contribution in [3.63, 3.8) is 0 Å². The third kappa shape index (κ3) is 4.26. The molecule has 0 radical (unpaired) electrons. The summed E-state index contributed by atoms with van der Waals surface area (Å²) >= 11 is 6.30. The zero-order valence-electron chi connectivity index (χ0n) is 15.3. The number of anilines is 1. The van der Waals surface area contributed by atoms with Gasteiger partial charge in [-0.3, -0.25) is 9.69 Å². The highest BCUT2D eigenvalue weighted by atomic mass is 35.5. The lowest BCUT2D eigenvalue weighted by Crippen LogP contribution is -2.32. The number of hydrogen-bond acceptors (Lipinski definition) is 3. The van der Waals surface area contributed by atoms with Crippen LogP contribution in [0.25, 0.3) is 0 Å². The van der Waals surface area contributed by atoms with E-state index < -0.39 is 0 Å². The van der Waals surface area contributed by atoms with Gasteiger partial charge in [-0.2, -0.15) is 0 Å². The van der Waals surface area contributed by atoms with Crippen LogP contribution in [0.4, 0.5) is 5.69 Å². The average molecular weight is 372 g/mol. The number of likely N-dealkylation sites (tertiary alicyclic amines) is 1. The molecule has 1 heterocycles. The fraction of sp³-hybridized carbons (Fsp3) is 0.381. The highest BCUT2D eigenvalue weighted by molar-refractivity contribution is 6.34. The van der Waals surface area contributed by atoms with Crippen LogP contribution in [0, 0.1) is 19.8 Å². The molecule has 1 fully saturated rings. The Balaban J connectivity index is 1.65. The summed E-state index contributed by atoms with van der Waals surface area (Å²) in [5.74, 6) is 0.705. The van der Waals surface area contributed by atoms with E-state index in [1.54, 1.807) is 0 Å². The van der Waals surface area contributed by atoms with Gasteiger partial charge in [-0.1, -0.05) is 48.0 Å². The SMILES string of the molecule is Cc1cc(C)c(NC(=O)CN2C[C@@H](CN)[C@H](c3ccccc3)C2)c(Cl)c1. The Morgan fingerprint density at radius 3 is 2.62 bits per heavy atom. The van der Waals surface area contributed by atoms with Crippen molar-refractivity contribution < 1.29 is 4.79 Å². The lowest BCUT2D eigenvalue weighted by molar-refractivity contribution is -0.117. The van der Waals surface area contributed by atoms with E-state index in [0.717, 1.165) is 24.2 Å². The van der Waals surface area contributed by atoms with Crippen molar-refractivity contribution in [2.45, 2.75) is 19.8 Å². The molecule has 1 aliphatic rings. The quantitative estimate of drug-likeness (QED) is 0.844. The Morgan fingerprint density at radius 2 is 1.96 bits per heavy atom. The topological polar surface area (TPSA) is 58.4 Å². The molecule has 4 nitrogen and oxygen atoms in total. The molecule has 0 aromatic heterocycles. The van der Waals surface area contributed by atoms with Crippen LogP contribution in [0.15, 0.2) is 42.5 Å². The van der Waals surface area contributed by atoms with Crippen LogP contribution in [0.3, 0.4) is 0 Å². The van der Waals surface area contributed by atoms with Crippen molar-refractivity contribution in [2.24, 2.45) is 11.7 Å². The maximum absolute atomic E-state index is 12.6. The van der Waals surface area contributed by atoms with Crippen molar-refractivity contribution in [2.75, 3.05) is 31.5 Å². The molecular weight excluding hydrogens is 346 g/mol. The number of nitrogens with zero attached hydrogens (tertiary/aromatic N) is 1. The van der Waals surface area contributed by atoms with Gasteiger partial charge >= 0.3 is 0 Å². The summed E-state index contributed by atoms with van der Waals surface area (Å²) in [4.78, 5) is 14.7. The molecule has 0 aliphatic carbocycles. The summed E-state index contributed by atoms with van der Waals surface area (Å²) < 4.78 is 0. The van der Waals surface area contributed by atoms with Gasteiger partial charge < -0.3 is 11.1 Å². The van der Waals surface area contributed by atoms with Gasteiger partial charge in [-0.05, 0) is 49.1 Å². The standard InChI is InChI=1S/C21H26ClN3O/c1-14-8-15(2)21(19(22)9-14)24-20(26)13-25-11-17(10-23)18(12-25)16-6-4-3-5-7-16/h3-9,17-18H,10-13,23H2,1-2H3,(H,24,26)/t17-,18+/m1/s1. The van der Waals surface area contributed by atoms with Gasteiger partial charge in [0.1, 0.15) is 0 Å². The lowest BCUT2D eigenvalue weighted by atomic mass is 9.89. The van der Waals surface area contributed by atoms with E-state index >= 15 is 0 Å². The number of benzene rings is 2. The van der Waals surface area contributed by atoms with Crippen LogP contribution in [-0.4, -0.2) is 37.0 Å². The van der Waals surface area contributed by atoms with Gasteiger partial charge in [0.15, 0.2) is 0 Å². The summed E-state index contributed by atoms with van der Waals surface area (Å²) in [7, 11) is 0. The normalized spacial score (nSPS) is 20.3. The molecule has 138 valence electrons. The molecular formula is C21H26ClN3O. The number of rotatable bonds is 5. The molecule has 2 aromatic carbocycles. The molecule has 3 N–H and O–H groups in total. The summed E-state index contributed by atoms with van der Waals surface area (Å²) in [6.45, 7) is 6.61. The first-order valence-corrected chi connectivity index (χ1v) is 9.39. The highest BCUT2D eigenvalue weighted by Crippen LogP contribution is 2.32. The third-order valence-electron chi connectivity index (χ3n) is 5.11. The molecule has 1 saturated heterocycles. The van der Waals surface area contributed by atoms with E-state index in [1.165, 1.54) is 5.56 Å². The number of halogens is 1. The third-order valence-corrected chi connectivity index (χ3v) is 5.41. The van der Waals surface area contributed by atoms with E-state index in [0.29, 0.717) is 35.6 Å². The number of amides is 1. The van der Waals surface area contributed by atoms with Gasteiger partial charge in [0.05, 0.1) is 17.3 Å². The Hall–Kier alpha value is -1.88. The molecule has 1 amide bonds. The average Bonchev–Trinajstić information content (AvgIpc) is 3.01. The second kappa shape index (κ2) is 8.21. The van der Waals surface area contributed by atoms with Crippen LogP contribution in [0.1, 0.15) is 22.6 Å². The van der Waals surface area contributed by atoms with Crippen LogP contribution in [-0.2, 0) is 4.79 Å². The molecule has 2 atom stereocenters. The van der Waals surface area contributed by atoms with Gasteiger partial charge in [-0.15, -0.1) is 0 Å². The maximum atomic E-state index is 12.6. The molecule has 0 bridgehead atoms. The molecule has 3 rings (SSSR count). The first-order chi connectivity index (χ1) is 12.5. The monoisotopic (exact) mass is 371 g/mol. The van der Waals surface area contributed by atoms with Crippen molar-refractivity contribution in [3.8, 4) is 0 Å². The maximum Gasteiger partial charge on any atom is 0.238 e. The summed E-state index contributed by atoms with van der Waals surface area (Å²) in [5.41, 5.74) is 10.1. The number of hydrogen-bond donors (Lipinski definition) is 2. The largest absolute Gasteiger partial charge is 0.330 e. The summed E-state index contributed by atoms with van der Waals surface area (Å²) in [6, 6.07) is 14.3. The Morgan fingerprint density at radius 1 is 1.23 bits per heavy atom. The first kappa shape index (κ1) is 18.9. The van der Waals surface area contributed by atoms with Crippen molar-refractivity contribution in [3.05, 3.63) is 64.2 Å². The predicted octanol–water partition coefficient (Wildman–Crippen LogP) is 3.57. The Kier molecular flexibility index (Phi) is 5.97. The lowest BCUT2D eigenvalue weighted by Gasteiger charge is -2.17. The molecule has 26 heavy (non-hydrogen) atoms. The zero-order chi connectivity index (χ0) is 18.7. The minimum Gasteiger partial charge on any atom is -0.330 e. The number of carbonyl (C=O) groups is 1. The molecule has 1 aliphatic heterocycles. The van der Waals surface area contributed by atoms with Crippen LogP contribution in [0.5, 0.6) is 0 Å².